The number of ether oxygens (including phenoxy) is 1. The molecule has 2 rings (SSSR count). The molecule has 1 saturated heterocycles. The molecule has 1 aromatic rings. The number of hydrogen-bond acceptors (Lipinski definition) is 3. The van der Waals surface area contributed by atoms with Crippen molar-refractivity contribution in [3.63, 3.8) is 0 Å². The van der Waals surface area contributed by atoms with Gasteiger partial charge in [-0.3, -0.25) is 9.69 Å². The highest BCUT2D eigenvalue weighted by Crippen LogP contribution is 2.23. The molecule has 0 bridgehead atoms. The van der Waals surface area contributed by atoms with Gasteiger partial charge in [-0.05, 0) is 34.1 Å². The van der Waals surface area contributed by atoms with Gasteiger partial charge in [0.1, 0.15) is 0 Å². The first-order valence-electron chi connectivity index (χ1n) is 6.20. The van der Waals surface area contributed by atoms with Gasteiger partial charge in [0, 0.05) is 36.2 Å². The molecule has 0 atom stereocenters. The van der Waals surface area contributed by atoms with Gasteiger partial charge in [-0.1, -0.05) is 11.6 Å². The van der Waals surface area contributed by atoms with Crippen molar-refractivity contribution in [1.29, 1.82) is 0 Å². The Morgan fingerprint density at radius 1 is 1.42 bits per heavy atom. The first-order valence-corrected chi connectivity index (χ1v) is 7.37. The Labute approximate surface area is 126 Å². The highest BCUT2D eigenvalue weighted by Gasteiger charge is 2.11. The Morgan fingerprint density at radius 2 is 2.16 bits per heavy atom. The minimum atomic E-state index is -0.0781. The fraction of sp³-hybridized carbons (Fsp3) is 0.462. The van der Waals surface area contributed by atoms with E-state index in [4.69, 9.17) is 16.3 Å². The van der Waals surface area contributed by atoms with Crippen molar-refractivity contribution in [3.05, 3.63) is 33.3 Å². The van der Waals surface area contributed by atoms with Crippen molar-refractivity contribution in [1.82, 2.24) is 10.2 Å². The maximum absolute atomic E-state index is 11.9. The van der Waals surface area contributed by atoms with Gasteiger partial charge in [0.15, 0.2) is 0 Å². The summed E-state index contributed by atoms with van der Waals surface area (Å²) in [4.78, 5) is 14.2. The van der Waals surface area contributed by atoms with Gasteiger partial charge in [0.25, 0.3) is 5.91 Å². The first-order chi connectivity index (χ1) is 9.16. The molecule has 1 heterocycles. The lowest BCUT2D eigenvalue weighted by Gasteiger charge is -2.26. The molecule has 6 heteroatoms. The summed E-state index contributed by atoms with van der Waals surface area (Å²) in [5, 5.41) is 3.51. The third-order valence-electron chi connectivity index (χ3n) is 3.00. The zero-order valence-corrected chi connectivity index (χ0v) is 12.8. The van der Waals surface area contributed by atoms with Gasteiger partial charge in [0.05, 0.1) is 18.2 Å². The van der Waals surface area contributed by atoms with E-state index in [0.717, 1.165) is 37.3 Å². The van der Waals surface area contributed by atoms with E-state index in [0.29, 0.717) is 17.1 Å². The molecular formula is C13H16BrClN2O2. The second kappa shape index (κ2) is 7.24. The van der Waals surface area contributed by atoms with Crippen LogP contribution in [0.2, 0.25) is 5.02 Å². The van der Waals surface area contributed by atoms with Crippen LogP contribution < -0.4 is 5.32 Å². The minimum Gasteiger partial charge on any atom is -0.379 e. The van der Waals surface area contributed by atoms with Gasteiger partial charge in [-0.2, -0.15) is 0 Å². The summed E-state index contributed by atoms with van der Waals surface area (Å²) in [6, 6.07) is 5.16. The summed E-state index contributed by atoms with van der Waals surface area (Å²) in [7, 11) is 0. The van der Waals surface area contributed by atoms with Crippen LogP contribution in [0.4, 0.5) is 0 Å². The maximum Gasteiger partial charge on any atom is 0.251 e. The summed E-state index contributed by atoms with van der Waals surface area (Å²) < 4.78 is 6.01. The lowest BCUT2D eigenvalue weighted by molar-refractivity contribution is 0.0383. The normalized spacial score (nSPS) is 16.3. The van der Waals surface area contributed by atoms with E-state index in [-0.39, 0.29) is 5.91 Å². The molecule has 0 saturated carbocycles. The number of benzene rings is 1. The van der Waals surface area contributed by atoms with E-state index in [1.165, 1.54) is 0 Å². The smallest absolute Gasteiger partial charge is 0.251 e. The first kappa shape index (κ1) is 14.8. The van der Waals surface area contributed by atoms with Gasteiger partial charge in [0.2, 0.25) is 0 Å². The second-order valence-corrected chi connectivity index (χ2v) is 5.60. The molecule has 0 spiro atoms. The average molecular weight is 348 g/mol. The number of halogens is 2. The Morgan fingerprint density at radius 3 is 2.84 bits per heavy atom. The average Bonchev–Trinajstić information content (AvgIpc) is 2.43. The van der Waals surface area contributed by atoms with Crippen LogP contribution in [0.1, 0.15) is 10.4 Å². The summed E-state index contributed by atoms with van der Waals surface area (Å²) in [5.41, 5.74) is 0.609. The standard InChI is InChI=1S/C13H16BrClN2O2/c14-11-9-10(1-2-12(11)15)13(18)16-3-4-17-5-7-19-8-6-17/h1-2,9H,3-8H2,(H,16,18). The van der Waals surface area contributed by atoms with E-state index in [2.05, 4.69) is 26.1 Å². The highest BCUT2D eigenvalue weighted by molar-refractivity contribution is 9.10. The van der Waals surface area contributed by atoms with Crippen LogP contribution in [0.15, 0.2) is 22.7 Å². The third kappa shape index (κ3) is 4.45. The SMILES string of the molecule is O=C(NCCN1CCOCC1)c1ccc(Cl)c(Br)c1. The summed E-state index contributed by atoms with van der Waals surface area (Å²) in [5.74, 6) is -0.0781. The van der Waals surface area contributed by atoms with Gasteiger partial charge < -0.3 is 10.1 Å². The number of hydrogen-bond donors (Lipinski definition) is 1. The predicted octanol–water partition coefficient (Wildman–Crippen LogP) is 2.16. The fourth-order valence-corrected chi connectivity index (χ4v) is 2.39. The molecule has 0 radical (unpaired) electrons. The molecule has 104 valence electrons. The highest BCUT2D eigenvalue weighted by atomic mass is 79.9. The Hall–Kier alpha value is -0.620. The molecule has 1 aromatic carbocycles. The molecule has 1 amide bonds. The monoisotopic (exact) mass is 346 g/mol. The number of rotatable bonds is 4. The largest absolute Gasteiger partial charge is 0.379 e. The van der Waals surface area contributed by atoms with E-state index >= 15 is 0 Å². The third-order valence-corrected chi connectivity index (χ3v) is 4.21. The number of carbonyl (C=O) groups excluding carboxylic acids is 1. The van der Waals surface area contributed by atoms with Crippen molar-refractivity contribution < 1.29 is 9.53 Å². The molecule has 0 unspecified atom stereocenters. The molecule has 1 aliphatic heterocycles. The lowest BCUT2D eigenvalue weighted by atomic mass is 10.2. The molecule has 0 aromatic heterocycles. The molecule has 1 N–H and O–H groups in total. The van der Waals surface area contributed by atoms with Crippen LogP contribution >= 0.6 is 27.5 Å². The van der Waals surface area contributed by atoms with E-state index < -0.39 is 0 Å². The molecule has 4 nitrogen and oxygen atoms in total. The van der Waals surface area contributed by atoms with E-state index in [1.54, 1.807) is 18.2 Å². The van der Waals surface area contributed by atoms with E-state index in [1.807, 2.05) is 0 Å². The quantitative estimate of drug-likeness (QED) is 0.907. The van der Waals surface area contributed by atoms with Gasteiger partial charge in [-0.25, -0.2) is 0 Å². The molecule has 1 fully saturated rings. The number of nitrogens with one attached hydrogen (secondary N) is 1. The van der Waals surface area contributed by atoms with Crippen molar-refractivity contribution in [2.75, 3.05) is 39.4 Å². The number of amides is 1. The Kier molecular flexibility index (Phi) is 5.63. The summed E-state index contributed by atoms with van der Waals surface area (Å²) >= 11 is 9.21. The molecule has 1 aliphatic rings. The van der Waals surface area contributed by atoms with E-state index in [9.17, 15) is 4.79 Å². The zero-order chi connectivity index (χ0) is 13.7. The summed E-state index contributed by atoms with van der Waals surface area (Å²) in [6.45, 7) is 4.91. The number of carbonyl (C=O) groups is 1. The van der Waals surface area contributed by atoms with Crippen LogP contribution in [0.25, 0.3) is 0 Å². The van der Waals surface area contributed by atoms with Crippen molar-refractivity contribution in [2.45, 2.75) is 0 Å². The Balaban J connectivity index is 1.78. The summed E-state index contributed by atoms with van der Waals surface area (Å²) in [6.07, 6.45) is 0. The minimum absolute atomic E-state index is 0.0781. The van der Waals surface area contributed by atoms with Crippen LogP contribution in [-0.2, 0) is 4.74 Å². The van der Waals surface area contributed by atoms with Crippen molar-refractivity contribution in [2.24, 2.45) is 0 Å². The number of nitrogens with zero attached hydrogens (tertiary/aromatic N) is 1. The van der Waals surface area contributed by atoms with Crippen molar-refractivity contribution in [3.8, 4) is 0 Å². The predicted molar refractivity (Wildman–Crippen MR) is 78.7 cm³/mol. The van der Waals surface area contributed by atoms with Crippen molar-refractivity contribution >= 4 is 33.4 Å². The Bertz CT molecular complexity index is 450. The lowest BCUT2D eigenvalue weighted by Crippen LogP contribution is -2.41. The van der Waals surface area contributed by atoms with Crippen LogP contribution in [0.3, 0.4) is 0 Å². The molecule has 19 heavy (non-hydrogen) atoms. The number of morpholine rings is 1. The van der Waals surface area contributed by atoms with Crippen LogP contribution in [0.5, 0.6) is 0 Å². The van der Waals surface area contributed by atoms with Crippen LogP contribution in [-0.4, -0.2) is 50.2 Å². The zero-order valence-electron chi connectivity index (χ0n) is 10.5. The topological polar surface area (TPSA) is 41.6 Å². The van der Waals surface area contributed by atoms with Crippen LogP contribution in [0, 0.1) is 0 Å². The molecular weight excluding hydrogens is 332 g/mol. The molecule has 0 aliphatic carbocycles. The fourth-order valence-electron chi connectivity index (χ4n) is 1.89. The van der Waals surface area contributed by atoms with Gasteiger partial charge >= 0.3 is 0 Å². The maximum atomic E-state index is 11.9. The second-order valence-electron chi connectivity index (χ2n) is 4.34. The van der Waals surface area contributed by atoms with Gasteiger partial charge in [-0.15, -0.1) is 0 Å².